The van der Waals surface area contributed by atoms with Crippen molar-refractivity contribution in [1.29, 1.82) is 5.26 Å². The second kappa shape index (κ2) is 6.98. The van der Waals surface area contributed by atoms with Gasteiger partial charge in [-0.1, -0.05) is 30.3 Å². The highest BCUT2D eigenvalue weighted by molar-refractivity contribution is 9.10. The van der Waals surface area contributed by atoms with Gasteiger partial charge in [-0.25, -0.2) is 9.78 Å². The Labute approximate surface area is 156 Å². The number of pyridine rings is 1. The Morgan fingerprint density at radius 3 is 2.62 bits per heavy atom. The van der Waals surface area contributed by atoms with Crippen LogP contribution in [0.4, 0.5) is 0 Å². The van der Waals surface area contributed by atoms with E-state index in [-0.39, 0.29) is 11.4 Å². The monoisotopic (exact) mass is 413 g/mol. The number of halogens is 1. The number of aromatic carboxylic acids is 1. The van der Waals surface area contributed by atoms with Gasteiger partial charge in [-0.2, -0.15) is 5.26 Å². The molecule has 1 aromatic carbocycles. The molecule has 0 unspecified atom stereocenters. The molecule has 0 saturated heterocycles. The second-order valence-electron chi connectivity index (χ2n) is 5.46. The Bertz CT molecular complexity index is 1070. The van der Waals surface area contributed by atoms with E-state index >= 15 is 0 Å². The van der Waals surface area contributed by atoms with Gasteiger partial charge in [0.15, 0.2) is 17.1 Å². The number of carboxylic acid groups (broad SMARTS) is 1. The van der Waals surface area contributed by atoms with Crippen LogP contribution >= 0.6 is 15.9 Å². The zero-order valence-corrected chi connectivity index (χ0v) is 15.1. The van der Waals surface area contributed by atoms with Crippen molar-refractivity contribution in [3.05, 3.63) is 58.0 Å². The number of carboxylic acids is 1. The summed E-state index contributed by atoms with van der Waals surface area (Å²) >= 11 is 3.38. The molecule has 8 heteroatoms. The molecular formula is C18H12BrN3O4. The van der Waals surface area contributed by atoms with Crippen LogP contribution in [0.5, 0.6) is 5.75 Å². The van der Waals surface area contributed by atoms with E-state index in [2.05, 4.69) is 20.9 Å². The minimum atomic E-state index is -1.39. The van der Waals surface area contributed by atoms with Gasteiger partial charge in [-0.05, 0) is 21.5 Å². The van der Waals surface area contributed by atoms with E-state index in [4.69, 9.17) is 4.74 Å². The summed E-state index contributed by atoms with van der Waals surface area (Å²) in [6.45, 7) is 1.61. The van der Waals surface area contributed by atoms with Crippen LogP contribution in [-0.2, 0) is 11.3 Å². The first-order chi connectivity index (χ1) is 12.4. The Hall–Kier alpha value is -3.18. The molecule has 130 valence electrons. The Kier molecular flexibility index (Phi) is 4.73. The fourth-order valence-electron chi connectivity index (χ4n) is 2.70. The van der Waals surface area contributed by atoms with Crippen LogP contribution in [0.2, 0.25) is 0 Å². The summed E-state index contributed by atoms with van der Waals surface area (Å²) in [5.41, 5.74) is 0.832. The minimum Gasteiger partial charge on any atom is -0.476 e. The van der Waals surface area contributed by atoms with Crippen molar-refractivity contribution in [3.63, 3.8) is 0 Å². The molecule has 0 amide bonds. The number of hydrogen-bond donors (Lipinski definition) is 1. The molecule has 0 atom stereocenters. The van der Waals surface area contributed by atoms with Gasteiger partial charge in [0.25, 0.3) is 0 Å². The first-order valence-electron chi connectivity index (χ1n) is 7.50. The molecule has 0 aliphatic heterocycles. The third kappa shape index (κ3) is 3.17. The van der Waals surface area contributed by atoms with Crippen LogP contribution in [0.25, 0.3) is 10.9 Å². The molecule has 0 aliphatic rings. The van der Waals surface area contributed by atoms with Crippen molar-refractivity contribution in [1.82, 2.24) is 9.55 Å². The number of carbonyl (C=O) groups is 2. The molecule has 3 rings (SSSR count). The zero-order chi connectivity index (χ0) is 18.8. The molecule has 2 heterocycles. The van der Waals surface area contributed by atoms with E-state index in [1.807, 2.05) is 36.4 Å². The van der Waals surface area contributed by atoms with E-state index in [0.29, 0.717) is 21.9 Å². The molecule has 0 fully saturated rings. The lowest BCUT2D eigenvalue weighted by Crippen LogP contribution is -2.12. The highest BCUT2D eigenvalue weighted by atomic mass is 79.9. The summed E-state index contributed by atoms with van der Waals surface area (Å²) in [5, 5.41) is 19.2. The molecule has 2 aromatic heterocycles. The number of esters is 1. The number of rotatable bonds is 4. The highest BCUT2D eigenvalue weighted by Crippen LogP contribution is 2.38. The van der Waals surface area contributed by atoms with Crippen molar-refractivity contribution in [3.8, 4) is 11.8 Å². The molecule has 0 radical (unpaired) electrons. The average Bonchev–Trinajstić information content (AvgIpc) is 2.92. The standard InChI is InChI=1S/C18H12BrN3O4/c1-10(23)26-17-14-12(19)9-22(8-11-5-3-2-4-6-11)16(14)13(7-20)21-15(17)18(24)25/h2-6,9H,8H2,1H3,(H,24,25). The Morgan fingerprint density at radius 1 is 1.35 bits per heavy atom. The van der Waals surface area contributed by atoms with Gasteiger partial charge in [0.2, 0.25) is 0 Å². The predicted octanol–water partition coefficient (Wildman–Crippen LogP) is 3.34. The lowest BCUT2D eigenvalue weighted by Gasteiger charge is -2.10. The molecule has 0 aliphatic carbocycles. The van der Waals surface area contributed by atoms with E-state index < -0.39 is 17.6 Å². The fraction of sp³-hybridized carbons (Fsp3) is 0.111. The maximum Gasteiger partial charge on any atom is 0.358 e. The van der Waals surface area contributed by atoms with Crippen LogP contribution in [0, 0.1) is 11.3 Å². The van der Waals surface area contributed by atoms with Gasteiger partial charge in [0.05, 0.1) is 10.9 Å². The topological polar surface area (TPSA) is 105 Å². The normalized spacial score (nSPS) is 10.5. The van der Waals surface area contributed by atoms with E-state index in [1.54, 1.807) is 10.8 Å². The molecule has 0 saturated carbocycles. The molecule has 3 aromatic rings. The number of fused-ring (bicyclic) bond motifs is 1. The SMILES string of the molecule is CC(=O)Oc1c(C(=O)O)nc(C#N)c2c1c(Br)cn2Cc1ccccc1. The minimum absolute atomic E-state index is 0.0602. The van der Waals surface area contributed by atoms with Crippen LogP contribution < -0.4 is 4.74 Å². The number of nitriles is 1. The number of carbonyl (C=O) groups excluding carboxylic acids is 1. The average molecular weight is 414 g/mol. The maximum absolute atomic E-state index is 11.5. The predicted molar refractivity (Wildman–Crippen MR) is 96.0 cm³/mol. The zero-order valence-electron chi connectivity index (χ0n) is 13.6. The smallest absolute Gasteiger partial charge is 0.358 e. The van der Waals surface area contributed by atoms with Crippen molar-refractivity contribution >= 4 is 38.8 Å². The molecule has 0 spiro atoms. The van der Waals surface area contributed by atoms with Crippen molar-refractivity contribution in [2.45, 2.75) is 13.5 Å². The molecule has 26 heavy (non-hydrogen) atoms. The third-order valence-corrected chi connectivity index (χ3v) is 4.27. The molecule has 7 nitrogen and oxygen atoms in total. The molecular weight excluding hydrogens is 402 g/mol. The van der Waals surface area contributed by atoms with Crippen LogP contribution in [0.1, 0.15) is 28.7 Å². The van der Waals surface area contributed by atoms with Crippen LogP contribution in [-0.4, -0.2) is 26.6 Å². The maximum atomic E-state index is 11.5. The summed E-state index contributed by atoms with van der Waals surface area (Å²) in [5.74, 6) is -2.25. The van der Waals surface area contributed by atoms with Crippen molar-refractivity contribution in [2.24, 2.45) is 0 Å². The lowest BCUT2D eigenvalue weighted by molar-refractivity contribution is -0.131. The highest BCUT2D eigenvalue weighted by Gasteiger charge is 2.26. The van der Waals surface area contributed by atoms with Crippen molar-refractivity contribution in [2.75, 3.05) is 0 Å². The molecule has 0 bridgehead atoms. The number of nitrogens with zero attached hydrogens (tertiary/aromatic N) is 3. The first kappa shape index (κ1) is 17.6. The van der Waals surface area contributed by atoms with Crippen LogP contribution in [0.3, 0.4) is 0 Å². The lowest BCUT2D eigenvalue weighted by atomic mass is 10.2. The van der Waals surface area contributed by atoms with Gasteiger partial charge >= 0.3 is 11.9 Å². The summed E-state index contributed by atoms with van der Waals surface area (Å²) in [7, 11) is 0. The van der Waals surface area contributed by atoms with Gasteiger partial charge in [-0.15, -0.1) is 0 Å². The van der Waals surface area contributed by atoms with Gasteiger partial charge in [0, 0.05) is 24.1 Å². The first-order valence-corrected chi connectivity index (χ1v) is 8.29. The van der Waals surface area contributed by atoms with Gasteiger partial charge in [0.1, 0.15) is 6.07 Å². The number of benzene rings is 1. The fourth-order valence-corrected chi connectivity index (χ4v) is 3.31. The summed E-state index contributed by atoms with van der Waals surface area (Å²) in [4.78, 5) is 26.9. The summed E-state index contributed by atoms with van der Waals surface area (Å²) < 4.78 is 7.39. The van der Waals surface area contributed by atoms with Gasteiger partial charge < -0.3 is 14.4 Å². The third-order valence-electron chi connectivity index (χ3n) is 3.67. The van der Waals surface area contributed by atoms with E-state index in [0.717, 1.165) is 5.56 Å². The Morgan fingerprint density at radius 2 is 2.04 bits per heavy atom. The quantitative estimate of drug-likeness (QED) is 0.657. The number of ether oxygens (including phenoxy) is 1. The Balaban J connectivity index is 2.32. The van der Waals surface area contributed by atoms with Crippen molar-refractivity contribution < 1.29 is 19.4 Å². The molecule has 1 N–H and O–H groups in total. The summed E-state index contributed by atoms with van der Waals surface area (Å²) in [6, 6.07) is 11.5. The van der Waals surface area contributed by atoms with E-state index in [1.165, 1.54) is 6.92 Å². The van der Waals surface area contributed by atoms with Gasteiger partial charge in [-0.3, -0.25) is 4.79 Å². The van der Waals surface area contributed by atoms with E-state index in [9.17, 15) is 20.0 Å². The number of aromatic nitrogens is 2. The largest absolute Gasteiger partial charge is 0.476 e. The number of hydrogen-bond acceptors (Lipinski definition) is 5. The second-order valence-corrected chi connectivity index (χ2v) is 6.32. The van der Waals surface area contributed by atoms with Crippen LogP contribution in [0.15, 0.2) is 41.0 Å². The summed E-state index contributed by atoms with van der Waals surface area (Å²) in [6.07, 6.45) is 1.71.